The normalized spacial score (nSPS) is 11.5. The van der Waals surface area contributed by atoms with Gasteiger partial charge in [0, 0.05) is 0 Å². The molecule has 2 rings (SSSR count). The first-order valence-corrected chi connectivity index (χ1v) is 10.8. The molecule has 0 saturated heterocycles. The number of aliphatic hydroxyl groups is 4. The minimum Gasteiger partial charge on any atom is -0.396 e. The summed E-state index contributed by atoms with van der Waals surface area (Å²) < 4.78 is 58.5. The highest BCUT2D eigenvalue weighted by molar-refractivity contribution is 7.86. The van der Waals surface area contributed by atoms with Crippen LogP contribution in [0, 0.1) is 5.41 Å². The van der Waals surface area contributed by atoms with E-state index in [-0.39, 0.29) is 9.79 Å². The highest BCUT2D eigenvalue weighted by Gasteiger charge is 2.26. The van der Waals surface area contributed by atoms with Gasteiger partial charge in [-0.25, -0.2) is 0 Å². The van der Waals surface area contributed by atoms with Crippen LogP contribution in [0.15, 0.2) is 70.5 Å². The predicted molar refractivity (Wildman–Crippen MR) is 103 cm³/mol. The number of aliphatic hydroxyl groups excluding tert-OH is 4. The summed E-state index contributed by atoms with van der Waals surface area (Å²) >= 11 is 0. The van der Waals surface area contributed by atoms with E-state index in [1.54, 1.807) is 36.4 Å². The lowest BCUT2D eigenvalue weighted by Crippen LogP contribution is -2.37. The van der Waals surface area contributed by atoms with Crippen LogP contribution in [-0.2, 0) is 20.2 Å². The quantitative estimate of drug-likeness (QED) is 0.320. The molecule has 0 bridgehead atoms. The van der Waals surface area contributed by atoms with Gasteiger partial charge in [-0.15, -0.1) is 0 Å². The molecule has 6 N–H and O–H groups in total. The maximum Gasteiger partial charge on any atom is 0.294 e. The van der Waals surface area contributed by atoms with Crippen molar-refractivity contribution in [3.8, 4) is 0 Å². The van der Waals surface area contributed by atoms with Crippen molar-refractivity contribution in [1.82, 2.24) is 0 Å². The minimum absolute atomic E-state index is 0.0741. The van der Waals surface area contributed by atoms with Gasteiger partial charge < -0.3 is 20.4 Å². The first-order chi connectivity index (χ1) is 13.5. The second-order valence-corrected chi connectivity index (χ2v) is 8.55. The highest BCUT2D eigenvalue weighted by atomic mass is 32.2. The van der Waals surface area contributed by atoms with Crippen molar-refractivity contribution in [3.63, 3.8) is 0 Å². The molecule has 0 saturated carbocycles. The Balaban J connectivity index is 0.000000407. The average molecular weight is 453 g/mol. The third-order valence-corrected chi connectivity index (χ3v) is 5.16. The number of benzene rings is 2. The van der Waals surface area contributed by atoms with Gasteiger partial charge in [0.1, 0.15) is 0 Å². The third-order valence-electron chi connectivity index (χ3n) is 3.42. The van der Waals surface area contributed by atoms with E-state index in [9.17, 15) is 16.8 Å². The number of hydrogen-bond acceptors (Lipinski definition) is 8. The molecule has 0 aliphatic carbocycles. The zero-order valence-electron chi connectivity index (χ0n) is 15.2. The van der Waals surface area contributed by atoms with Gasteiger partial charge in [0.05, 0.1) is 41.6 Å². The van der Waals surface area contributed by atoms with Crippen LogP contribution < -0.4 is 0 Å². The largest absolute Gasteiger partial charge is 0.396 e. The predicted octanol–water partition coefficient (Wildman–Crippen LogP) is -0.191. The topological polar surface area (TPSA) is 190 Å². The zero-order chi connectivity index (χ0) is 22.6. The fourth-order valence-corrected chi connectivity index (χ4v) is 2.49. The van der Waals surface area contributed by atoms with Crippen molar-refractivity contribution >= 4 is 20.2 Å². The second-order valence-electron chi connectivity index (χ2n) is 5.71. The van der Waals surface area contributed by atoms with Gasteiger partial charge in [0.2, 0.25) is 0 Å². The Kier molecular flexibility index (Phi) is 11.8. The molecule has 12 heteroatoms. The van der Waals surface area contributed by atoms with Gasteiger partial charge >= 0.3 is 0 Å². The summed E-state index contributed by atoms with van der Waals surface area (Å²) in [6.45, 7) is -1.62. The summed E-state index contributed by atoms with van der Waals surface area (Å²) in [5.41, 5.74) is -1.11. The lowest BCUT2D eigenvalue weighted by molar-refractivity contribution is -0.0328. The number of hydrogen-bond donors (Lipinski definition) is 6. The van der Waals surface area contributed by atoms with Crippen LogP contribution in [0.3, 0.4) is 0 Å². The van der Waals surface area contributed by atoms with E-state index in [4.69, 9.17) is 29.5 Å². The van der Waals surface area contributed by atoms with Gasteiger partial charge in [-0.1, -0.05) is 36.4 Å². The van der Waals surface area contributed by atoms with Crippen molar-refractivity contribution in [2.24, 2.45) is 5.41 Å². The summed E-state index contributed by atoms with van der Waals surface area (Å²) in [5.74, 6) is 0. The van der Waals surface area contributed by atoms with Crippen LogP contribution in [0.1, 0.15) is 0 Å². The smallest absolute Gasteiger partial charge is 0.294 e. The molecule has 10 nitrogen and oxygen atoms in total. The monoisotopic (exact) mass is 452 g/mol. The van der Waals surface area contributed by atoms with E-state index in [1.165, 1.54) is 24.3 Å². The highest BCUT2D eigenvalue weighted by Crippen LogP contribution is 2.12. The lowest BCUT2D eigenvalue weighted by Gasteiger charge is -2.23. The molecule has 164 valence electrons. The Morgan fingerprint density at radius 2 is 0.793 bits per heavy atom. The summed E-state index contributed by atoms with van der Waals surface area (Å²) in [6, 6.07) is 14.8. The first-order valence-electron chi connectivity index (χ1n) is 7.94. The molecule has 0 spiro atoms. The first kappa shape index (κ1) is 27.1. The Morgan fingerprint density at radius 3 is 0.897 bits per heavy atom. The molecule has 0 aliphatic rings. The Hall–Kier alpha value is -1.90. The molecule has 0 radical (unpaired) electrons. The van der Waals surface area contributed by atoms with Gasteiger partial charge in [-0.2, -0.15) is 16.8 Å². The minimum atomic E-state index is -4.00. The third kappa shape index (κ3) is 10.4. The fraction of sp³-hybridized carbons (Fsp3) is 0.294. The Bertz CT molecular complexity index is 809. The summed E-state index contributed by atoms with van der Waals surface area (Å²) in [6.07, 6.45) is 0. The lowest BCUT2D eigenvalue weighted by atomic mass is 9.93. The molecule has 0 fully saturated rings. The van der Waals surface area contributed by atoms with Gasteiger partial charge in [-0.3, -0.25) is 9.11 Å². The second kappa shape index (κ2) is 12.6. The molecule has 0 amide bonds. The molecule has 29 heavy (non-hydrogen) atoms. The number of rotatable bonds is 6. The van der Waals surface area contributed by atoms with Crippen molar-refractivity contribution in [1.29, 1.82) is 0 Å². The molecule has 0 heterocycles. The molecule has 0 atom stereocenters. The van der Waals surface area contributed by atoms with Crippen molar-refractivity contribution < 1.29 is 46.4 Å². The summed E-state index contributed by atoms with van der Waals surface area (Å²) in [5, 5.41) is 34.0. The molecular formula is C17H24O10S2. The van der Waals surface area contributed by atoms with Gasteiger partial charge in [0.25, 0.3) is 20.2 Å². The van der Waals surface area contributed by atoms with E-state index in [0.29, 0.717) is 0 Å². The average Bonchev–Trinajstić information content (AvgIpc) is 2.71. The van der Waals surface area contributed by atoms with E-state index < -0.39 is 52.1 Å². The molecule has 0 unspecified atom stereocenters. The fourth-order valence-electron chi connectivity index (χ4n) is 1.48. The maximum absolute atomic E-state index is 10.4. The van der Waals surface area contributed by atoms with Crippen LogP contribution in [0.4, 0.5) is 0 Å². The SMILES string of the molecule is O=S(=O)(O)c1ccccc1.O=S(=O)(O)c1ccccc1.OCC(CO)(CO)CO. The Labute approximate surface area is 169 Å². The van der Waals surface area contributed by atoms with Crippen LogP contribution in [0.5, 0.6) is 0 Å². The van der Waals surface area contributed by atoms with Crippen molar-refractivity contribution in [2.45, 2.75) is 9.79 Å². The van der Waals surface area contributed by atoms with Crippen molar-refractivity contribution in [2.75, 3.05) is 26.4 Å². The molecule has 0 aromatic heterocycles. The summed E-state index contributed by atoms with van der Waals surface area (Å²) in [4.78, 5) is -0.148. The molecule has 0 aliphatic heterocycles. The molecular weight excluding hydrogens is 428 g/mol. The summed E-state index contributed by atoms with van der Waals surface area (Å²) in [7, 11) is -8.01. The van der Waals surface area contributed by atoms with E-state index >= 15 is 0 Å². The molecule has 2 aromatic carbocycles. The van der Waals surface area contributed by atoms with E-state index in [0.717, 1.165) is 0 Å². The van der Waals surface area contributed by atoms with Crippen LogP contribution in [0.25, 0.3) is 0 Å². The standard InChI is InChI=1S/2C6H6O3S.C5H12O4/c2*7-10(8,9)6-4-2-1-3-5-6;6-1-5(2-7,3-8)4-9/h2*1-5H,(H,7,8,9);6-9H,1-4H2. The zero-order valence-corrected chi connectivity index (χ0v) is 16.9. The van der Waals surface area contributed by atoms with E-state index in [2.05, 4.69) is 0 Å². The van der Waals surface area contributed by atoms with Gasteiger partial charge in [-0.05, 0) is 24.3 Å². The van der Waals surface area contributed by atoms with Crippen LogP contribution in [-0.4, -0.2) is 72.8 Å². The maximum atomic E-state index is 10.4. The van der Waals surface area contributed by atoms with E-state index in [1.807, 2.05) is 0 Å². The Morgan fingerprint density at radius 1 is 0.552 bits per heavy atom. The van der Waals surface area contributed by atoms with Gasteiger partial charge in [0.15, 0.2) is 0 Å². The molecule has 2 aromatic rings. The van der Waals surface area contributed by atoms with Crippen molar-refractivity contribution in [3.05, 3.63) is 60.7 Å². The van der Waals surface area contributed by atoms with Crippen LogP contribution >= 0.6 is 0 Å². The van der Waals surface area contributed by atoms with Crippen LogP contribution in [0.2, 0.25) is 0 Å².